The molecule has 0 saturated carbocycles. The highest BCUT2D eigenvalue weighted by atomic mass is 35.5. The largest absolute Gasteiger partial charge is 0.506 e. The third-order valence-electron chi connectivity index (χ3n) is 6.58. The van der Waals surface area contributed by atoms with E-state index in [1.54, 1.807) is 41.1 Å². The first-order valence-electron chi connectivity index (χ1n) is 10.8. The Bertz CT molecular complexity index is 1230. The summed E-state index contributed by atoms with van der Waals surface area (Å²) in [6.45, 7) is 5.61. The lowest BCUT2D eigenvalue weighted by atomic mass is 9.84. The molecule has 1 aliphatic heterocycles. The fourth-order valence-electron chi connectivity index (χ4n) is 4.82. The van der Waals surface area contributed by atoms with Crippen molar-refractivity contribution in [2.75, 3.05) is 45.9 Å². The predicted octanol–water partition coefficient (Wildman–Crippen LogP) is 1.86. The van der Waals surface area contributed by atoms with Gasteiger partial charge in [-0.25, -0.2) is 0 Å². The van der Waals surface area contributed by atoms with Crippen LogP contribution in [0.15, 0.2) is 36.5 Å². The van der Waals surface area contributed by atoms with Crippen LogP contribution in [0.3, 0.4) is 0 Å². The highest BCUT2D eigenvalue weighted by Crippen LogP contribution is 2.44. The Balaban J connectivity index is 0.00000259. The van der Waals surface area contributed by atoms with E-state index in [4.69, 9.17) is 5.11 Å². The van der Waals surface area contributed by atoms with Crippen LogP contribution in [0, 0.1) is 0 Å². The van der Waals surface area contributed by atoms with Gasteiger partial charge in [-0.15, -0.1) is 12.4 Å². The molecule has 0 amide bonds. The minimum Gasteiger partial charge on any atom is -0.506 e. The van der Waals surface area contributed by atoms with Crippen LogP contribution in [0.5, 0.6) is 11.5 Å². The summed E-state index contributed by atoms with van der Waals surface area (Å²) in [6.07, 6.45) is 1.72. The topological polar surface area (TPSA) is 106 Å². The number of carbonyl (C=O) groups is 2. The zero-order valence-corrected chi connectivity index (χ0v) is 18.8. The van der Waals surface area contributed by atoms with Crippen molar-refractivity contribution in [1.82, 2.24) is 14.4 Å². The summed E-state index contributed by atoms with van der Waals surface area (Å²) in [5, 5.41) is 31.4. The van der Waals surface area contributed by atoms with Gasteiger partial charge in [-0.1, -0.05) is 24.3 Å². The minimum atomic E-state index is -0.454. The number of phenolic OH excluding ortho intramolecular Hbond substituents is 2. The molecular formula is C24H26ClN3O5. The summed E-state index contributed by atoms with van der Waals surface area (Å²) in [5.41, 5.74) is 0.249. The quantitative estimate of drug-likeness (QED) is 0.381. The van der Waals surface area contributed by atoms with Crippen LogP contribution >= 0.6 is 12.4 Å². The van der Waals surface area contributed by atoms with Crippen LogP contribution in [-0.4, -0.2) is 87.1 Å². The maximum atomic E-state index is 13.4. The van der Waals surface area contributed by atoms with Gasteiger partial charge in [0.05, 0.1) is 23.3 Å². The number of hydrogen-bond donors (Lipinski definition) is 3. The molecule has 2 aromatic carbocycles. The second kappa shape index (κ2) is 9.15. The lowest BCUT2D eigenvalue weighted by Gasteiger charge is -2.34. The molecule has 1 fully saturated rings. The molecule has 1 saturated heterocycles. The summed E-state index contributed by atoms with van der Waals surface area (Å²) in [4.78, 5) is 31.2. The molecule has 2 aliphatic rings. The number of fused-ring (bicyclic) bond motifs is 3. The van der Waals surface area contributed by atoms with E-state index in [-0.39, 0.29) is 52.9 Å². The lowest BCUT2D eigenvalue weighted by molar-refractivity contribution is 0.0964. The van der Waals surface area contributed by atoms with Crippen molar-refractivity contribution in [2.24, 2.45) is 0 Å². The van der Waals surface area contributed by atoms with Gasteiger partial charge in [-0.3, -0.25) is 19.4 Å². The van der Waals surface area contributed by atoms with Crippen molar-refractivity contribution in [3.8, 4) is 11.5 Å². The van der Waals surface area contributed by atoms with Crippen molar-refractivity contribution >= 4 is 34.7 Å². The number of benzene rings is 2. The normalized spacial score (nSPS) is 16.5. The molecule has 3 aromatic rings. The summed E-state index contributed by atoms with van der Waals surface area (Å²) in [7, 11) is 0. The van der Waals surface area contributed by atoms with Crippen molar-refractivity contribution in [3.05, 3.63) is 58.9 Å². The minimum absolute atomic E-state index is 0. The molecule has 3 N–H and O–H groups in total. The molecule has 2 heterocycles. The number of rotatable bonds is 5. The third-order valence-corrected chi connectivity index (χ3v) is 6.58. The molecule has 0 unspecified atom stereocenters. The Labute approximate surface area is 197 Å². The molecule has 174 valence electrons. The van der Waals surface area contributed by atoms with Crippen LogP contribution in [0.25, 0.3) is 10.8 Å². The van der Waals surface area contributed by atoms with E-state index in [1.807, 2.05) is 0 Å². The predicted molar refractivity (Wildman–Crippen MR) is 126 cm³/mol. The number of aromatic hydroxyl groups is 2. The molecule has 8 nitrogen and oxygen atoms in total. The maximum Gasteiger partial charge on any atom is 0.214 e. The molecule has 9 heteroatoms. The highest BCUT2D eigenvalue weighted by molar-refractivity contribution is 6.32. The van der Waals surface area contributed by atoms with Crippen LogP contribution in [0.1, 0.15) is 32.0 Å². The van der Waals surface area contributed by atoms with Crippen LogP contribution < -0.4 is 0 Å². The second-order valence-corrected chi connectivity index (χ2v) is 8.33. The molecule has 1 aromatic heterocycles. The molecule has 0 atom stereocenters. The van der Waals surface area contributed by atoms with E-state index < -0.39 is 11.6 Å². The van der Waals surface area contributed by atoms with E-state index >= 15 is 0 Å². The SMILES string of the molecule is Cl.O=C1c2ccn(CCN3CCN(CCO)CC3)c2C(=O)c2c1c(O)c1ccccc1c2O. The summed E-state index contributed by atoms with van der Waals surface area (Å²) in [5.74, 6) is -1.45. The number of aromatic nitrogens is 1. The number of piperazine rings is 1. The average molecular weight is 472 g/mol. The number of phenols is 2. The summed E-state index contributed by atoms with van der Waals surface area (Å²) in [6, 6.07) is 8.26. The third kappa shape index (κ3) is 3.79. The fourth-order valence-corrected chi connectivity index (χ4v) is 4.82. The Morgan fingerprint density at radius 1 is 0.758 bits per heavy atom. The van der Waals surface area contributed by atoms with Crippen LogP contribution in [0.2, 0.25) is 0 Å². The Kier molecular flexibility index (Phi) is 6.45. The number of ketones is 2. The van der Waals surface area contributed by atoms with Gasteiger partial charge in [-0.05, 0) is 6.07 Å². The first-order chi connectivity index (χ1) is 15.5. The number of aliphatic hydroxyl groups is 1. The van der Waals surface area contributed by atoms with E-state index in [2.05, 4.69) is 9.80 Å². The highest BCUT2D eigenvalue weighted by Gasteiger charge is 2.38. The molecule has 5 rings (SSSR count). The van der Waals surface area contributed by atoms with E-state index in [0.29, 0.717) is 23.9 Å². The molecule has 0 bridgehead atoms. The standard InChI is InChI=1S/C24H25N3O5.ClH/c28-14-13-26-9-7-25(8-10-26)11-12-27-6-5-17-20(27)24(32)19-18(23(17)31)21(29)15-3-1-2-4-16(15)22(19)30;/h1-6,28-30H,7-14H2;1H. The first kappa shape index (κ1) is 23.3. The number of hydrogen-bond acceptors (Lipinski definition) is 7. The van der Waals surface area contributed by atoms with Crippen molar-refractivity contribution < 1.29 is 24.9 Å². The number of nitrogens with zero attached hydrogens (tertiary/aromatic N) is 3. The smallest absolute Gasteiger partial charge is 0.214 e. The zero-order chi connectivity index (χ0) is 22.4. The average Bonchev–Trinajstić information content (AvgIpc) is 3.24. The van der Waals surface area contributed by atoms with Gasteiger partial charge in [0, 0.05) is 62.8 Å². The van der Waals surface area contributed by atoms with Gasteiger partial charge in [0.25, 0.3) is 0 Å². The summed E-state index contributed by atoms with van der Waals surface area (Å²) >= 11 is 0. The van der Waals surface area contributed by atoms with Crippen molar-refractivity contribution in [1.29, 1.82) is 0 Å². The van der Waals surface area contributed by atoms with Crippen LogP contribution in [0.4, 0.5) is 0 Å². The van der Waals surface area contributed by atoms with Crippen molar-refractivity contribution in [3.63, 3.8) is 0 Å². The molecule has 33 heavy (non-hydrogen) atoms. The number of carbonyl (C=O) groups excluding carboxylic acids is 2. The van der Waals surface area contributed by atoms with Gasteiger partial charge in [0.2, 0.25) is 5.78 Å². The van der Waals surface area contributed by atoms with Gasteiger partial charge >= 0.3 is 0 Å². The molecular weight excluding hydrogens is 446 g/mol. The Morgan fingerprint density at radius 3 is 1.88 bits per heavy atom. The van der Waals surface area contributed by atoms with Crippen molar-refractivity contribution in [2.45, 2.75) is 6.54 Å². The van der Waals surface area contributed by atoms with Gasteiger partial charge in [0.15, 0.2) is 5.78 Å². The van der Waals surface area contributed by atoms with E-state index in [0.717, 1.165) is 32.7 Å². The molecule has 0 spiro atoms. The zero-order valence-electron chi connectivity index (χ0n) is 18.0. The maximum absolute atomic E-state index is 13.4. The number of halogens is 1. The van der Waals surface area contributed by atoms with Gasteiger partial charge < -0.3 is 19.9 Å². The Morgan fingerprint density at radius 2 is 1.30 bits per heavy atom. The van der Waals surface area contributed by atoms with E-state index in [9.17, 15) is 19.8 Å². The second-order valence-electron chi connectivity index (χ2n) is 8.33. The number of β-amino-alcohol motifs (C(OH)–C–C–N with tert-alkyl or cyclic N) is 1. The molecule has 0 radical (unpaired) electrons. The van der Waals surface area contributed by atoms with Gasteiger partial charge in [-0.2, -0.15) is 0 Å². The monoisotopic (exact) mass is 471 g/mol. The lowest BCUT2D eigenvalue weighted by Crippen LogP contribution is -2.47. The van der Waals surface area contributed by atoms with Gasteiger partial charge in [0.1, 0.15) is 17.2 Å². The Hall–Kier alpha value is -2.91. The fraction of sp³-hybridized carbons (Fsp3) is 0.333. The summed E-state index contributed by atoms with van der Waals surface area (Å²) < 4.78 is 1.77. The van der Waals surface area contributed by atoms with E-state index in [1.165, 1.54) is 0 Å². The first-order valence-corrected chi connectivity index (χ1v) is 10.8. The van der Waals surface area contributed by atoms with Crippen LogP contribution in [-0.2, 0) is 6.54 Å². The number of aliphatic hydroxyl groups excluding tert-OH is 1. The molecule has 1 aliphatic carbocycles.